The lowest BCUT2D eigenvalue weighted by molar-refractivity contribution is 0.874. The van der Waals surface area contributed by atoms with E-state index in [1.807, 2.05) is 30.4 Å². The van der Waals surface area contributed by atoms with E-state index in [1.165, 1.54) is 0 Å². The molecule has 0 aliphatic carbocycles. The number of alkyl halides is 4. The molecule has 0 aliphatic heterocycles. The summed E-state index contributed by atoms with van der Waals surface area (Å²) >= 11 is 23.7. The normalized spacial score (nSPS) is 11.4. The van der Waals surface area contributed by atoms with Crippen molar-refractivity contribution in [2.75, 3.05) is 59.5 Å². The topological polar surface area (TPSA) is 32.3 Å². The highest BCUT2D eigenvalue weighted by molar-refractivity contribution is 6.19. The molecule has 3 rings (SSSR count). The van der Waals surface area contributed by atoms with E-state index < -0.39 is 0 Å². The summed E-state index contributed by atoms with van der Waals surface area (Å²) in [6.07, 6.45) is 9.64. The van der Waals surface area contributed by atoms with Gasteiger partial charge in [-0.2, -0.15) is 0 Å². The molecule has 0 unspecified atom stereocenters. The second-order valence-electron chi connectivity index (χ2n) is 7.95. The van der Waals surface area contributed by atoms with Gasteiger partial charge in [-0.3, -0.25) is 0 Å². The first-order chi connectivity index (χ1) is 17.7. The Kier molecular flexibility index (Phi) is 12.4. The summed E-state index contributed by atoms with van der Waals surface area (Å²) in [4.78, 5) is 13.1. The first-order valence-corrected chi connectivity index (χ1v) is 13.9. The van der Waals surface area contributed by atoms with Gasteiger partial charge in [0.1, 0.15) is 6.33 Å². The minimum Gasteiger partial charge on any atom is -0.369 e. The molecule has 36 heavy (non-hydrogen) atoms. The van der Waals surface area contributed by atoms with Crippen molar-refractivity contribution in [2.24, 2.45) is 0 Å². The summed E-state index contributed by atoms with van der Waals surface area (Å²) in [5.41, 5.74) is 6.08. The van der Waals surface area contributed by atoms with Crippen molar-refractivity contribution in [1.82, 2.24) is 9.97 Å². The fraction of sp³-hybridized carbons (Fsp3) is 0.286. The van der Waals surface area contributed by atoms with E-state index in [9.17, 15) is 0 Å². The molecule has 0 atom stereocenters. The van der Waals surface area contributed by atoms with Gasteiger partial charge in [0, 0.05) is 61.1 Å². The third-order valence-electron chi connectivity index (χ3n) is 5.54. The Labute approximate surface area is 234 Å². The van der Waals surface area contributed by atoms with Gasteiger partial charge in [-0.1, -0.05) is 36.4 Å². The molecule has 0 radical (unpaired) electrons. The minimum atomic E-state index is 0.566. The Morgan fingerprint density at radius 3 is 1.22 bits per heavy atom. The fourth-order valence-corrected chi connectivity index (χ4v) is 4.49. The molecule has 3 aromatic rings. The van der Waals surface area contributed by atoms with E-state index in [4.69, 9.17) is 46.4 Å². The van der Waals surface area contributed by atoms with Crippen LogP contribution in [0.25, 0.3) is 24.3 Å². The largest absolute Gasteiger partial charge is 0.369 e. The van der Waals surface area contributed by atoms with Crippen molar-refractivity contribution in [1.29, 1.82) is 0 Å². The molecule has 0 bridgehead atoms. The minimum absolute atomic E-state index is 0.566. The summed E-state index contributed by atoms with van der Waals surface area (Å²) in [5, 5.41) is 0. The molecular weight excluding hydrogens is 534 g/mol. The fourth-order valence-electron chi connectivity index (χ4n) is 3.67. The number of anilines is 2. The number of rotatable bonds is 14. The molecule has 2 aromatic carbocycles. The smallest absolute Gasteiger partial charge is 0.116 e. The molecule has 0 spiro atoms. The zero-order chi connectivity index (χ0) is 25.6. The number of aromatic nitrogens is 2. The third kappa shape index (κ3) is 9.01. The molecule has 0 N–H and O–H groups in total. The number of benzene rings is 2. The summed E-state index contributed by atoms with van der Waals surface area (Å²) in [6, 6.07) is 18.6. The van der Waals surface area contributed by atoms with E-state index >= 15 is 0 Å². The predicted octanol–water partition coefficient (Wildman–Crippen LogP) is 7.39. The highest BCUT2D eigenvalue weighted by atomic mass is 35.5. The molecule has 0 saturated heterocycles. The number of nitrogens with zero attached hydrogens (tertiary/aromatic N) is 4. The van der Waals surface area contributed by atoms with E-state index in [0.29, 0.717) is 23.5 Å². The Morgan fingerprint density at radius 1 is 0.528 bits per heavy atom. The summed E-state index contributed by atoms with van der Waals surface area (Å²) in [6.45, 7) is 3.08. The second-order valence-corrected chi connectivity index (χ2v) is 9.46. The van der Waals surface area contributed by atoms with E-state index in [2.05, 4.69) is 68.3 Å². The lowest BCUT2D eigenvalue weighted by Crippen LogP contribution is -2.27. The zero-order valence-corrected chi connectivity index (χ0v) is 23.1. The maximum Gasteiger partial charge on any atom is 0.116 e. The van der Waals surface area contributed by atoms with E-state index in [-0.39, 0.29) is 0 Å². The van der Waals surface area contributed by atoms with Crippen LogP contribution < -0.4 is 9.80 Å². The SMILES string of the molecule is ClCCN(CCCl)c1ccc(/C=C\c2cc(/C=C/c3ccc(N(CCCl)CCCl)cc3)ncn2)cc1. The van der Waals surface area contributed by atoms with Gasteiger partial charge in [-0.25, -0.2) is 9.97 Å². The molecule has 1 heterocycles. The van der Waals surface area contributed by atoms with E-state index in [1.54, 1.807) is 6.33 Å². The number of hydrogen-bond donors (Lipinski definition) is 0. The van der Waals surface area contributed by atoms with Gasteiger partial charge in [0.05, 0.1) is 11.4 Å². The Morgan fingerprint density at radius 2 is 0.889 bits per heavy atom. The van der Waals surface area contributed by atoms with Gasteiger partial charge in [0.15, 0.2) is 0 Å². The molecule has 8 heteroatoms. The van der Waals surface area contributed by atoms with Crippen LogP contribution >= 0.6 is 46.4 Å². The van der Waals surface area contributed by atoms with Gasteiger partial charge in [-0.15, -0.1) is 46.4 Å². The molecule has 4 nitrogen and oxygen atoms in total. The lowest BCUT2D eigenvalue weighted by Gasteiger charge is -2.22. The van der Waals surface area contributed by atoms with Gasteiger partial charge >= 0.3 is 0 Å². The van der Waals surface area contributed by atoms with Crippen molar-refractivity contribution in [3.05, 3.63) is 83.4 Å². The second kappa shape index (κ2) is 15.8. The molecule has 0 saturated carbocycles. The van der Waals surface area contributed by atoms with Crippen LogP contribution in [0.1, 0.15) is 22.5 Å². The summed E-state index contributed by atoms with van der Waals surface area (Å²) in [7, 11) is 0. The van der Waals surface area contributed by atoms with Crippen molar-refractivity contribution >= 4 is 82.1 Å². The molecule has 1 aromatic heterocycles. The monoisotopic (exact) mass is 562 g/mol. The van der Waals surface area contributed by atoms with Gasteiger partial charge in [-0.05, 0) is 53.6 Å². The molecule has 0 amide bonds. The molecule has 0 aliphatic rings. The van der Waals surface area contributed by atoms with Crippen LogP contribution in [0.5, 0.6) is 0 Å². The quantitative estimate of drug-likeness (QED) is 0.191. The van der Waals surface area contributed by atoms with Crippen LogP contribution in [0.4, 0.5) is 11.4 Å². The van der Waals surface area contributed by atoms with Crippen LogP contribution in [-0.2, 0) is 0 Å². The van der Waals surface area contributed by atoms with E-state index in [0.717, 1.165) is 60.1 Å². The van der Waals surface area contributed by atoms with Gasteiger partial charge in [0.2, 0.25) is 0 Å². The Hall–Kier alpha value is -2.24. The molecule has 190 valence electrons. The van der Waals surface area contributed by atoms with Crippen molar-refractivity contribution in [3.8, 4) is 0 Å². The van der Waals surface area contributed by atoms with Crippen LogP contribution in [-0.4, -0.2) is 59.7 Å². The maximum atomic E-state index is 5.92. The molecule has 0 fully saturated rings. The first kappa shape index (κ1) is 28.3. The third-order valence-corrected chi connectivity index (χ3v) is 6.21. The van der Waals surface area contributed by atoms with Gasteiger partial charge in [0.25, 0.3) is 0 Å². The lowest BCUT2D eigenvalue weighted by atomic mass is 10.1. The highest BCUT2D eigenvalue weighted by Gasteiger charge is 2.06. The predicted molar refractivity (Wildman–Crippen MR) is 160 cm³/mol. The van der Waals surface area contributed by atoms with Crippen LogP contribution in [0.3, 0.4) is 0 Å². The Balaban J connectivity index is 1.64. The van der Waals surface area contributed by atoms with Crippen molar-refractivity contribution < 1.29 is 0 Å². The summed E-state index contributed by atoms with van der Waals surface area (Å²) < 4.78 is 0. The maximum absolute atomic E-state index is 5.92. The number of halogens is 4. The van der Waals surface area contributed by atoms with Crippen LogP contribution in [0.15, 0.2) is 60.9 Å². The molecular formula is C28H30Cl4N4. The van der Waals surface area contributed by atoms with Gasteiger partial charge < -0.3 is 9.80 Å². The van der Waals surface area contributed by atoms with Crippen LogP contribution in [0.2, 0.25) is 0 Å². The average molecular weight is 564 g/mol. The average Bonchev–Trinajstić information content (AvgIpc) is 2.91. The zero-order valence-electron chi connectivity index (χ0n) is 20.0. The van der Waals surface area contributed by atoms with Crippen LogP contribution in [0, 0.1) is 0 Å². The summed E-state index contributed by atoms with van der Waals surface area (Å²) in [5.74, 6) is 2.26. The van der Waals surface area contributed by atoms with Crippen molar-refractivity contribution in [3.63, 3.8) is 0 Å². The Bertz CT molecular complexity index is 1000. The highest BCUT2D eigenvalue weighted by Crippen LogP contribution is 2.19. The number of hydrogen-bond acceptors (Lipinski definition) is 4. The first-order valence-electron chi connectivity index (χ1n) is 11.8. The standard InChI is InChI=1S/C28H30Cl4N4/c29-13-17-35(18-14-30)27-9-3-23(4-10-27)1-7-25-21-26(34-22-33-25)8-2-24-5-11-28(12-6-24)36(19-15-31)20-16-32/h1-12,21-22H,13-20H2/b7-1-,8-2+. The van der Waals surface area contributed by atoms with Crippen molar-refractivity contribution in [2.45, 2.75) is 0 Å².